The minimum Gasteiger partial charge on any atom is -0.481 e. The highest BCUT2D eigenvalue weighted by Crippen LogP contribution is 2.13. The molecule has 5 heteroatoms. The number of carbonyl (C=O) groups excluding carboxylic acids is 1. The number of ketones is 1. The lowest BCUT2D eigenvalue weighted by molar-refractivity contribution is -0.137. The number of hydrogen-bond acceptors (Lipinski definition) is 4. The van der Waals surface area contributed by atoms with E-state index in [4.69, 9.17) is 9.84 Å². The van der Waals surface area contributed by atoms with Crippen molar-refractivity contribution >= 4 is 11.8 Å². The van der Waals surface area contributed by atoms with Gasteiger partial charge in [-0.3, -0.25) is 9.59 Å². The molecule has 98 valence electrons. The molecule has 0 aliphatic carbocycles. The summed E-state index contributed by atoms with van der Waals surface area (Å²) in [6, 6.07) is 0. The molecule has 1 saturated heterocycles. The average molecular weight is 243 g/mol. The van der Waals surface area contributed by atoms with E-state index < -0.39 is 5.97 Å². The van der Waals surface area contributed by atoms with E-state index in [2.05, 4.69) is 4.90 Å². The Labute approximate surface area is 102 Å². The summed E-state index contributed by atoms with van der Waals surface area (Å²) in [7, 11) is 0. The van der Waals surface area contributed by atoms with Crippen molar-refractivity contribution in [3.8, 4) is 0 Å². The number of carboxylic acids is 1. The molecule has 0 bridgehead atoms. The zero-order valence-corrected chi connectivity index (χ0v) is 10.4. The molecule has 0 aromatic carbocycles. The van der Waals surface area contributed by atoms with Gasteiger partial charge in [0.25, 0.3) is 0 Å². The first-order chi connectivity index (χ1) is 8.08. The summed E-state index contributed by atoms with van der Waals surface area (Å²) in [5, 5.41) is 8.62. The number of nitrogens with zero attached hydrogens (tertiary/aromatic N) is 1. The third-order valence-electron chi connectivity index (χ3n) is 2.91. The van der Waals surface area contributed by atoms with Crippen LogP contribution < -0.4 is 0 Å². The topological polar surface area (TPSA) is 66.8 Å². The molecule has 17 heavy (non-hydrogen) atoms. The number of carboxylic acid groups (broad SMARTS) is 1. The highest BCUT2D eigenvalue weighted by Gasteiger charge is 2.20. The van der Waals surface area contributed by atoms with E-state index in [1.807, 2.05) is 0 Å². The molecule has 1 fully saturated rings. The number of piperidine rings is 1. The summed E-state index contributed by atoms with van der Waals surface area (Å²) in [5.41, 5.74) is 0. The van der Waals surface area contributed by atoms with Gasteiger partial charge < -0.3 is 14.7 Å². The summed E-state index contributed by atoms with van der Waals surface area (Å²) in [4.78, 5) is 23.4. The molecular formula is C12H21NO4. The number of aliphatic carboxylic acids is 1. The lowest BCUT2D eigenvalue weighted by Crippen LogP contribution is -2.40. The number of carbonyl (C=O) groups is 2. The van der Waals surface area contributed by atoms with E-state index in [0.29, 0.717) is 19.6 Å². The maximum atomic E-state index is 10.8. The van der Waals surface area contributed by atoms with E-state index in [0.717, 1.165) is 25.9 Å². The molecule has 0 saturated carbocycles. The Hall–Kier alpha value is -0.940. The number of Topliss-reactive ketones (excluding diaryl/α,β-unsaturated/α-hetero) is 1. The molecule has 1 unspecified atom stereocenters. The van der Waals surface area contributed by atoms with Gasteiger partial charge in [0, 0.05) is 19.5 Å². The van der Waals surface area contributed by atoms with Crippen molar-refractivity contribution in [3.05, 3.63) is 0 Å². The van der Waals surface area contributed by atoms with Gasteiger partial charge in [-0.25, -0.2) is 0 Å². The van der Waals surface area contributed by atoms with Crippen LogP contribution in [0.2, 0.25) is 0 Å². The second kappa shape index (κ2) is 7.40. The van der Waals surface area contributed by atoms with Crippen molar-refractivity contribution in [1.29, 1.82) is 0 Å². The number of hydrogen-bond donors (Lipinski definition) is 1. The van der Waals surface area contributed by atoms with Gasteiger partial charge in [-0.15, -0.1) is 0 Å². The highest BCUT2D eigenvalue weighted by atomic mass is 16.5. The van der Waals surface area contributed by atoms with Crippen LogP contribution in [-0.2, 0) is 14.3 Å². The fourth-order valence-electron chi connectivity index (χ4n) is 1.98. The average Bonchev–Trinajstić information content (AvgIpc) is 2.26. The van der Waals surface area contributed by atoms with Crippen molar-refractivity contribution < 1.29 is 19.4 Å². The van der Waals surface area contributed by atoms with Crippen molar-refractivity contribution in [2.45, 2.75) is 38.7 Å². The first kappa shape index (κ1) is 14.1. The van der Waals surface area contributed by atoms with Crippen molar-refractivity contribution in [2.75, 3.05) is 26.2 Å². The van der Waals surface area contributed by atoms with Crippen molar-refractivity contribution in [1.82, 2.24) is 4.90 Å². The molecule has 0 aromatic heterocycles. The minimum absolute atomic E-state index is 0.142. The van der Waals surface area contributed by atoms with Crippen LogP contribution in [0.1, 0.15) is 32.6 Å². The van der Waals surface area contributed by atoms with Crippen molar-refractivity contribution in [3.63, 3.8) is 0 Å². The smallest absolute Gasteiger partial charge is 0.304 e. The molecule has 1 aliphatic rings. The van der Waals surface area contributed by atoms with Crippen LogP contribution in [0.3, 0.4) is 0 Å². The summed E-state index contributed by atoms with van der Waals surface area (Å²) in [6.07, 6.45) is 2.83. The van der Waals surface area contributed by atoms with Gasteiger partial charge in [-0.2, -0.15) is 0 Å². The van der Waals surface area contributed by atoms with Gasteiger partial charge in [0.2, 0.25) is 0 Å². The van der Waals surface area contributed by atoms with Gasteiger partial charge >= 0.3 is 5.97 Å². The van der Waals surface area contributed by atoms with E-state index in [1.54, 1.807) is 6.92 Å². The second-order valence-electron chi connectivity index (χ2n) is 4.53. The van der Waals surface area contributed by atoms with Gasteiger partial charge in [-0.05, 0) is 26.3 Å². The number of ether oxygens (including phenoxy) is 1. The van der Waals surface area contributed by atoms with Crippen LogP contribution in [0.15, 0.2) is 0 Å². The molecule has 5 nitrogen and oxygen atoms in total. The SMILES string of the molecule is CC(=O)CCOC1CCCN(CCC(=O)O)C1. The maximum Gasteiger partial charge on any atom is 0.304 e. The lowest BCUT2D eigenvalue weighted by Gasteiger charge is -2.32. The standard InChI is InChI=1S/C12H21NO4/c1-10(14)5-8-17-11-3-2-6-13(9-11)7-4-12(15)16/h11H,2-9H2,1H3,(H,15,16). The molecular weight excluding hydrogens is 222 g/mol. The molecule has 1 aliphatic heterocycles. The first-order valence-electron chi connectivity index (χ1n) is 6.13. The van der Waals surface area contributed by atoms with Crippen LogP contribution in [0.25, 0.3) is 0 Å². The Balaban J connectivity index is 2.19. The van der Waals surface area contributed by atoms with E-state index in [-0.39, 0.29) is 18.3 Å². The Morgan fingerprint density at radius 1 is 1.41 bits per heavy atom. The minimum atomic E-state index is -0.760. The van der Waals surface area contributed by atoms with Crippen LogP contribution >= 0.6 is 0 Å². The summed E-state index contributed by atoms with van der Waals surface area (Å²) < 4.78 is 5.62. The van der Waals surface area contributed by atoms with Gasteiger partial charge in [0.15, 0.2) is 0 Å². The van der Waals surface area contributed by atoms with Gasteiger partial charge in [0.05, 0.1) is 19.1 Å². The molecule has 1 heterocycles. The molecule has 1 N–H and O–H groups in total. The van der Waals surface area contributed by atoms with E-state index in [1.165, 1.54) is 0 Å². The Morgan fingerprint density at radius 2 is 2.18 bits per heavy atom. The first-order valence-corrected chi connectivity index (χ1v) is 6.13. The largest absolute Gasteiger partial charge is 0.481 e. The molecule has 0 aromatic rings. The molecule has 1 rings (SSSR count). The third kappa shape index (κ3) is 6.38. The number of likely N-dealkylation sites (tertiary alicyclic amines) is 1. The van der Waals surface area contributed by atoms with E-state index in [9.17, 15) is 9.59 Å². The van der Waals surface area contributed by atoms with Crippen LogP contribution in [0.5, 0.6) is 0 Å². The Morgan fingerprint density at radius 3 is 2.82 bits per heavy atom. The van der Waals surface area contributed by atoms with Crippen LogP contribution in [-0.4, -0.2) is 54.1 Å². The zero-order valence-electron chi connectivity index (χ0n) is 10.4. The number of rotatable bonds is 7. The van der Waals surface area contributed by atoms with Crippen LogP contribution in [0, 0.1) is 0 Å². The second-order valence-corrected chi connectivity index (χ2v) is 4.53. The summed E-state index contributed by atoms with van der Waals surface area (Å²) in [6.45, 7) is 4.35. The van der Waals surface area contributed by atoms with Crippen LogP contribution in [0.4, 0.5) is 0 Å². The van der Waals surface area contributed by atoms with Crippen molar-refractivity contribution in [2.24, 2.45) is 0 Å². The van der Waals surface area contributed by atoms with Gasteiger partial charge in [-0.1, -0.05) is 0 Å². The summed E-state index contributed by atoms with van der Waals surface area (Å²) in [5.74, 6) is -0.617. The Kier molecular flexibility index (Phi) is 6.15. The zero-order chi connectivity index (χ0) is 12.7. The third-order valence-corrected chi connectivity index (χ3v) is 2.91. The predicted molar refractivity (Wildman–Crippen MR) is 63.0 cm³/mol. The molecule has 0 amide bonds. The maximum absolute atomic E-state index is 10.8. The van der Waals surface area contributed by atoms with Gasteiger partial charge in [0.1, 0.15) is 5.78 Å². The predicted octanol–water partition coefficient (Wildman–Crippen LogP) is 0.921. The molecule has 1 atom stereocenters. The van der Waals surface area contributed by atoms with E-state index >= 15 is 0 Å². The normalized spacial score (nSPS) is 21.4. The fraction of sp³-hybridized carbons (Fsp3) is 0.833. The lowest BCUT2D eigenvalue weighted by atomic mass is 10.1. The molecule has 0 radical (unpaired) electrons. The molecule has 0 spiro atoms. The fourth-order valence-corrected chi connectivity index (χ4v) is 1.98. The highest BCUT2D eigenvalue weighted by molar-refractivity contribution is 5.75. The quantitative estimate of drug-likeness (QED) is 0.720. The Bertz CT molecular complexity index is 267. The summed E-state index contributed by atoms with van der Waals surface area (Å²) >= 11 is 0. The monoisotopic (exact) mass is 243 g/mol.